The second kappa shape index (κ2) is 10.7. The maximum absolute atomic E-state index is 12.1. The summed E-state index contributed by atoms with van der Waals surface area (Å²) in [6, 6.07) is 16.6. The molecule has 2 N–H and O–H groups in total. The van der Waals surface area contributed by atoms with Crippen molar-refractivity contribution in [3.63, 3.8) is 0 Å². The number of benzene rings is 2. The van der Waals surface area contributed by atoms with E-state index in [9.17, 15) is 9.59 Å². The fourth-order valence-corrected chi connectivity index (χ4v) is 2.74. The van der Waals surface area contributed by atoms with Gasteiger partial charge in [0.15, 0.2) is 13.2 Å². The molecular formula is C22H19Cl2N3O4. The molecule has 0 aliphatic rings. The van der Waals surface area contributed by atoms with Gasteiger partial charge in [0, 0.05) is 10.0 Å². The minimum Gasteiger partial charge on any atom is -0.484 e. The van der Waals surface area contributed by atoms with E-state index in [1.54, 1.807) is 67.6 Å². The van der Waals surface area contributed by atoms with E-state index in [1.165, 1.54) is 0 Å². The third-order valence-corrected chi connectivity index (χ3v) is 4.50. The fraction of sp³-hybridized carbons (Fsp3) is 0.136. The monoisotopic (exact) mass is 459 g/mol. The van der Waals surface area contributed by atoms with E-state index in [-0.39, 0.29) is 25.0 Å². The van der Waals surface area contributed by atoms with Gasteiger partial charge < -0.3 is 20.1 Å². The largest absolute Gasteiger partial charge is 0.484 e. The van der Waals surface area contributed by atoms with Crippen LogP contribution in [-0.4, -0.2) is 30.0 Å². The summed E-state index contributed by atoms with van der Waals surface area (Å²) in [6.07, 6.45) is 0. The van der Waals surface area contributed by atoms with Crippen LogP contribution < -0.4 is 20.1 Å². The van der Waals surface area contributed by atoms with E-state index in [0.717, 1.165) is 0 Å². The molecule has 0 fully saturated rings. The van der Waals surface area contributed by atoms with Gasteiger partial charge in [0.05, 0.1) is 11.4 Å². The lowest BCUT2D eigenvalue weighted by Crippen LogP contribution is -2.22. The lowest BCUT2D eigenvalue weighted by atomic mass is 10.3. The first-order chi connectivity index (χ1) is 14.9. The standard InChI is InChI=1S/C22H19Cl2N3O4/c1-14-19(26-21(28)12-30-17-6-2-15(23)3-7-17)10-11-20(25-14)27-22(29)13-31-18-8-4-16(24)5-9-18/h2-11H,12-13H2,1H3,(H,26,28)(H,25,27,29). The molecule has 160 valence electrons. The zero-order chi connectivity index (χ0) is 22.2. The Morgan fingerprint density at radius 2 is 1.26 bits per heavy atom. The van der Waals surface area contributed by atoms with Crippen LogP contribution in [0.15, 0.2) is 60.7 Å². The van der Waals surface area contributed by atoms with Gasteiger partial charge in [-0.2, -0.15) is 0 Å². The normalized spacial score (nSPS) is 10.3. The Morgan fingerprint density at radius 3 is 1.74 bits per heavy atom. The van der Waals surface area contributed by atoms with Gasteiger partial charge in [0.2, 0.25) is 0 Å². The summed E-state index contributed by atoms with van der Waals surface area (Å²) in [4.78, 5) is 28.5. The second-order valence-corrected chi connectivity index (χ2v) is 7.28. The van der Waals surface area contributed by atoms with Crippen molar-refractivity contribution in [1.82, 2.24) is 4.98 Å². The van der Waals surface area contributed by atoms with Crippen molar-refractivity contribution >= 4 is 46.5 Å². The molecule has 0 aliphatic carbocycles. The number of aryl methyl sites for hydroxylation is 1. The molecular weight excluding hydrogens is 441 g/mol. The molecule has 3 rings (SSSR count). The average molecular weight is 460 g/mol. The van der Waals surface area contributed by atoms with Crippen molar-refractivity contribution < 1.29 is 19.1 Å². The Hall–Kier alpha value is -3.29. The molecule has 0 spiro atoms. The van der Waals surface area contributed by atoms with Crippen molar-refractivity contribution in [3.05, 3.63) is 76.4 Å². The van der Waals surface area contributed by atoms with Gasteiger partial charge in [0.1, 0.15) is 17.3 Å². The molecule has 0 saturated carbocycles. The lowest BCUT2D eigenvalue weighted by molar-refractivity contribution is -0.118. The highest BCUT2D eigenvalue weighted by molar-refractivity contribution is 6.30. The second-order valence-electron chi connectivity index (χ2n) is 6.41. The van der Waals surface area contributed by atoms with Gasteiger partial charge in [-0.15, -0.1) is 0 Å². The van der Waals surface area contributed by atoms with Crippen LogP contribution in [0, 0.1) is 6.92 Å². The molecule has 0 radical (unpaired) electrons. The molecule has 2 amide bonds. The summed E-state index contributed by atoms with van der Waals surface area (Å²) < 4.78 is 10.8. The van der Waals surface area contributed by atoms with Gasteiger partial charge in [-0.25, -0.2) is 4.98 Å². The van der Waals surface area contributed by atoms with E-state index < -0.39 is 0 Å². The molecule has 2 aromatic carbocycles. The number of anilines is 2. The van der Waals surface area contributed by atoms with Crippen LogP contribution in [0.5, 0.6) is 11.5 Å². The molecule has 0 bridgehead atoms. The first-order valence-corrected chi connectivity index (χ1v) is 9.99. The third-order valence-electron chi connectivity index (χ3n) is 3.99. The molecule has 0 atom stereocenters. The van der Waals surface area contributed by atoms with Gasteiger partial charge in [-0.3, -0.25) is 9.59 Å². The van der Waals surface area contributed by atoms with Gasteiger partial charge >= 0.3 is 0 Å². The maximum Gasteiger partial charge on any atom is 0.263 e. The van der Waals surface area contributed by atoms with Crippen LogP contribution in [0.3, 0.4) is 0 Å². The molecule has 31 heavy (non-hydrogen) atoms. The summed E-state index contributed by atoms with van der Waals surface area (Å²) in [7, 11) is 0. The van der Waals surface area contributed by atoms with Gasteiger partial charge in [-0.1, -0.05) is 23.2 Å². The summed E-state index contributed by atoms with van der Waals surface area (Å²) in [5.74, 6) is 0.705. The molecule has 1 aromatic heterocycles. The van der Waals surface area contributed by atoms with E-state index in [0.29, 0.717) is 38.7 Å². The van der Waals surface area contributed by atoms with E-state index in [2.05, 4.69) is 15.6 Å². The lowest BCUT2D eigenvalue weighted by Gasteiger charge is -2.11. The number of rotatable bonds is 8. The van der Waals surface area contributed by atoms with Crippen molar-refractivity contribution in [3.8, 4) is 11.5 Å². The Balaban J connectivity index is 1.48. The number of aromatic nitrogens is 1. The molecule has 1 heterocycles. The molecule has 0 saturated heterocycles. The number of hydrogen-bond donors (Lipinski definition) is 2. The summed E-state index contributed by atoms with van der Waals surface area (Å²) in [5.41, 5.74) is 1.05. The number of halogens is 2. The molecule has 0 unspecified atom stereocenters. The van der Waals surface area contributed by atoms with Crippen molar-refractivity contribution in [2.24, 2.45) is 0 Å². The average Bonchev–Trinajstić information content (AvgIpc) is 2.75. The SMILES string of the molecule is Cc1nc(NC(=O)COc2ccc(Cl)cc2)ccc1NC(=O)COc1ccc(Cl)cc1. The quantitative estimate of drug-likeness (QED) is 0.507. The van der Waals surface area contributed by atoms with E-state index in [1.807, 2.05) is 0 Å². The summed E-state index contributed by atoms with van der Waals surface area (Å²) in [5, 5.41) is 6.54. The molecule has 3 aromatic rings. The number of pyridine rings is 1. The number of amides is 2. The Kier molecular flexibility index (Phi) is 7.70. The highest BCUT2D eigenvalue weighted by atomic mass is 35.5. The zero-order valence-corrected chi connectivity index (χ0v) is 18.0. The molecule has 0 aliphatic heterocycles. The minimum atomic E-state index is -0.366. The Bertz CT molecular complexity index is 1060. The predicted molar refractivity (Wildman–Crippen MR) is 120 cm³/mol. The molecule has 7 nitrogen and oxygen atoms in total. The number of carbonyl (C=O) groups is 2. The van der Waals surface area contributed by atoms with Crippen LogP contribution in [0.25, 0.3) is 0 Å². The van der Waals surface area contributed by atoms with Crippen LogP contribution >= 0.6 is 23.2 Å². The first kappa shape index (κ1) is 22.4. The van der Waals surface area contributed by atoms with Crippen LogP contribution in [-0.2, 0) is 9.59 Å². The molecule has 9 heteroatoms. The third kappa shape index (κ3) is 7.16. The van der Waals surface area contributed by atoms with Crippen molar-refractivity contribution in [1.29, 1.82) is 0 Å². The fourth-order valence-electron chi connectivity index (χ4n) is 2.49. The first-order valence-electron chi connectivity index (χ1n) is 9.23. The summed E-state index contributed by atoms with van der Waals surface area (Å²) in [6.45, 7) is 1.38. The number of nitrogens with one attached hydrogen (secondary N) is 2. The zero-order valence-electron chi connectivity index (χ0n) is 16.5. The topological polar surface area (TPSA) is 89.5 Å². The minimum absolute atomic E-state index is 0.165. The number of carbonyl (C=O) groups excluding carboxylic acids is 2. The Morgan fingerprint density at radius 1 is 0.774 bits per heavy atom. The summed E-state index contributed by atoms with van der Waals surface area (Å²) >= 11 is 11.6. The van der Waals surface area contributed by atoms with Gasteiger partial charge in [0.25, 0.3) is 11.8 Å². The van der Waals surface area contributed by atoms with Crippen LogP contribution in [0.1, 0.15) is 5.69 Å². The van der Waals surface area contributed by atoms with E-state index in [4.69, 9.17) is 32.7 Å². The maximum atomic E-state index is 12.1. The number of hydrogen-bond acceptors (Lipinski definition) is 5. The number of ether oxygens (including phenoxy) is 2. The smallest absolute Gasteiger partial charge is 0.263 e. The Labute approximate surface area is 189 Å². The van der Waals surface area contributed by atoms with Crippen molar-refractivity contribution in [2.45, 2.75) is 6.92 Å². The van der Waals surface area contributed by atoms with Crippen LogP contribution in [0.2, 0.25) is 10.0 Å². The predicted octanol–water partition coefficient (Wildman–Crippen LogP) is 4.73. The highest BCUT2D eigenvalue weighted by Crippen LogP contribution is 2.18. The highest BCUT2D eigenvalue weighted by Gasteiger charge is 2.10. The number of nitrogens with zero attached hydrogens (tertiary/aromatic N) is 1. The van der Waals surface area contributed by atoms with E-state index >= 15 is 0 Å². The van der Waals surface area contributed by atoms with Crippen LogP contribution in [0.4, 0.5) is 11.5 Å². The van der Waals surface area contributed by atoms with Gasteiger partial charge in [-0.05, 0) is 67.6 Å². The van der Waals surface area contributed by atoms with Crippen molar-refractivity contribution in [2.75, 3.05) is 23.8 Å².